The van der Waals surface area contributed by atoms with E-state index in [2.05, 4.69) is 4.98 Å². The number of Topliss-reactive ketones (excluding diaryl/α,β-unsaturated/α-hetero) is 1. The Kier molecular flexibility index (Phi) is 3.46. The first kappa shape index (κ1) is 12.4. The number of rotatable bonds is 4. The van der Waals surface area contributed by atoms with Crippen molar-refractivity contribution in [1.82, 2.24) is 9.55 Å². The molecule has 0 amide bonds. The number of methoxy groups -OCH3 is 1. The first-order chi connectivity index (χ1) is 8.63. The smallest absolute Gasteiger partial charge is 0.186 e. The summed E-state index contributed by atoms with van der Waals surface area (Å²) in [6, 6.07) is 7.25. The van der Waals surface area contributed by atoms with Gasteiger partial charge in [0.05, 0.1) is 31.2 Å². The lowest BCUT2D eigenvalue weighted by atomic mass is 10.1. The number of para-hydroxylation sites is 1. The summed E-state index contributed by atoms with van der Waals surface area (Å²) < 4.78 is 7.05. The molecule has 2 aromatic rings. The third-order valence-electron chi connectivity index (χ3n) is 3.07. The highest BCUT2D eigenvalue weighted by Crippen LogP contribution is 2.18. The molecule has 94 valence electrons. The van der Waals surface area contributed by atoms with Gasteiger partial charge in [0, 0.05) is 5.69 Å². The van der Waals surface area contributed by atoms with Crippen molar-refractivity contribution < 1.29 is 9.53 Å². The number of nitrogens with zero attached hydrogens (tertiary/aromatic N) is 2. The average Bonchev–Trinajstić information content (AvgIpc) is 2.70. The number of carbonyl (C=O) groups is 1. The Balaban J connectivity index is 2.25. The molecule has 4 nitrogen and oxygen atoms in total. The van der Waals surface area contributed by atoms with Crippen LogP contribution in [0, 0.1) is 13.8 Å². The van der Waals surface area contributed by atoms with Crippen LogP contribution >= 0.6 is 0 Å². The summed E-state index contributed by atoms with van der Waals surface area (Å²) in [4.78, 5) is 16.4. The normalized spacial score (nSPS) is 10.4. The Bertz CT molecular complexity index is 573. The van der Waals surface area contributed by atoms with Crippen molar-refractivity contribution in [3.05, 3.63) is 47.5 Å². The van der Waals surface area contributed by atoms with E-state index in [0.717, 1.165) is 11.4 Å². The van der Waals surface area contributed by atoms with Gasteiger partial charge in [-0.1, -0.05) is 12.1 Å². The Labute approximate surface area is 106 Å². The van der Waals surface area contributed by atoms with E-state index >= 15 is 0 Å². The van der Waals surface area contributed by atoms with Crippen molar-refractivity contribution in [3.8, 4) is 5.75 Å². The molecule has 4 heteroatoms. The van der Waals surface area contributed by atoms with Gasteiger partial charge in [-0.15, -0.1) is 0 Å². The van der Waals surface area contributed by atoms with E-state index < -0.39 is 0 Å². The van der Waals surface area contributed by atoms with E-state index in [0.29, 0.717) is 11.3 Å². The molecule has 0 aliphatic carbocycles. The lowest BCUT2D eigenvalue weighted by Crippen LogP contribution is -2.12. The molecule has 2 rings (SSSR count). The molecule has 0 N–H and O–H groups in total. The van der Waals surface area contributed by atoms with E-state index in [1.54, 1.807) is 25.6 Å². The fourth-order valence-electron chi connectivity index (χ4n) is 1.82. The fraction of sp³-hybridized carbons (Fsp3) is 0.286. The summed E-state index contributed by atoms with van der Waals surface area (Å²) in [6.45, 7) is 4.17. The SMILES string of the molecule is COc1ccccc1C(=O)Cn1cnc(C)c1C. The Morgan fingerprint density at radius 3 is 2.67 bits per heavy atom. The molecular formula is C14H16N2O2. The van der Waals surface area contributed by atoms with Gasteiger partial charge in [-0.05, 0) is 26.0 Å². The number of aromatic nitrogens is 2. The third kappa shape index (κ3) is 2.27. The maximum atomic E-state index is 12.2. The molecule has 1 aromatic heterocycles. The van der Waals surface area contributed by atoms with Crippen LogP contribution in [0.4, 0.5) is 0 Å². The summed E-state index contributed by atoms with van der Waals surface area (Å²) in [7, 11) is 1.57. The number of ketones is 1. The van der Waals surface area contributed by atoms with Gasteiger partial charge in [-0.3, -0.25) is 4.79 Å². The molecule has 0 fully saturated rings. The molecule has 0 saturated heterocycles. The highest BCUT2D eigenvalue weighted by atomic mass is 16.5. The van der Waals surface area contributed by atoms with Crippen LogP contribution < -0.4 is 4.74 Å². The quantitative estimate of drug-likeness (QED) is 0.776. The molecule has 18 heavy (non-hydrogen) atoms. The van der Waals surface area contributed by atoms with E-state index in [9.17, 15) is 4.79 Å². The molecule has 1 aromatic carbocycles. The number of hydrogen-bond acceptors (Lipinski definition) is 3. The maximum absolute atomic E-state index is 12.2. The average molecular weight is 244 g/mol. The first-order valence-electron chi connectivity index (χ1n) is 5.78. The second-order valence-corrected chi connectivity index (χ2v) is 4.17. The van der Waals surface area contributed by atoms with E-state index in [1.807, 2.05) is 30.5 Å². The number of carbonyl (C=O) groups excluding carboxylic acids is 1. The molecule has 0 bridgehead atoms. The third-order valence-corrected chi connectivity index (χ3v) is 3.07. The minimum atomic E-state index is 0.0213. The largest absolute Gasteiger partial charge is 0.496 e. The second kappa shape index (κ2) is 5.04. The Morgan fingerprint density at radius 1 is 1.33 bits per heavy atom. The number of ether oxygens (including phenoxy) is 1. The Morgan fingerprint density at radius 2 is 2.06 bits per heavy atom. The fourth-order valence-corrected chi connectivity index (χ4v) is 1.82. The van der Waals surface area contributed by atoms with Gasteiger partial charge in [0.2, 0.25) is 0 Å². The number of hydrogen-bond donors (Lipinski definition) is 0. The van der Waals surface area contributed by atoms with Crippen LogP contribution in [0.1, 0.15) is 21.7 Å². The van der Waals surface area contributed by atoms with Gasteiger partial charge in [0.25, 0.3) is 0 Å². The van der Waals surface area contributed by atoms with Crippen LogP contribution in [0.15, 0.2) is 30.6 Å². The molecule has 0 radical (unpaired) electrons. The van der Waals surface area contributed by atoms with Gasteiger partial charge >= 0.3 is 0 Å². The number of aryl methyl sites for hydroxylation is 1. The minimum Gasteiger partial charge on any atom is -0.496 e. The molecule has 0 atom stereocenters. The number of imidazole rings is 1. The molecule has 0 saturated carbocycles. The summed E-state index contributed by atoms with van der Waals surface area (Å²) in [5.41, 5.74) is 2.56. The Hall–Kier alpha value is -2.10. The van der Waals surface area contributed by atoms with Crippen molar-refractivity contribution in [2.24, 2.45) is 0 Å². The molecule has 1 heterocycles. The lowest BCUT2D eigenvalue weighted by molar-refractivity contribution is 0.0968. The first-order valence-corrected chi connectivity index (χ1v) is 5.78. The van der Waals surface area contributed by atoms with Crippen LogP contribution in [0.2, 0.25) is 0 Å². The zero-order chi connectivity index (χ0) is 13.1. The topological polar surface area (TPSA) is 44.1 Å². The van der Waals surface area contributed by atoms with Crippen molar-refractivity contribution >= 4 is 5.78 Å². The van der Waals surface area contributed by atoms with E-state index in [4.69, 9.17) is 4.74 Å². The molecule has 0 aliphatic rings. The number of benzene rings is 1. The zero-order valence-corrected chi connectivity index (χ0v) is 10.8. The van der Waals surface area contributed by atoms with Crippen molar-refractivity contribution in [2.75, 3.05) is 7.11 Å². The van der Waals surface area contributed by atoms with Crippen LogP contribution in [0.5, 0.6) is 5.75 Å². The zero-order valence-electron chi connectivity index (χ0n) is 10.8. The molecule has 0 aliphatic heterocycles. The molecule has 0 unspecified atom stereocenters. The summed E-state index contributed by atoms with van der Waals surface area (Å²) in [6.07, 6.45) is 1.69. The van der Waals surface area contributed by atoms with Gasteiger partial charge in [-0.2, -0.15) is 0 Å². The van der Waals surface area contributed by atoms with Crippen molar-refractivity contribution in [3.63, 3.8) is 0 Å². The van der Waals surface area contributed by atoms with Crippen LogP contribution in [0.3, 0.4) is 0 Å². The van der Waals surface area contributed by atoms with E-state index in [-0.39, 0.29) is 12.3 Å². The standard InChI is InChI=1S/C14H16N2O2/c1-10-11(2)16(9-15-10)8-13(17)12-6-4-5-7-14(12)18-3/h4-7,9H,8H2,1-3H3. The summed E-state index contributed by atoms with van der Waals surface area (Å²) >= 11 is 0. The minimum absolute atomic E-state index is 0.0213. The summed E-state index contributed by atoms with van der Waals surface area (Å²) in [5, 5.41) is 0. The van der Waals surface area contributed by atoms with Crippen molar-refractivity contribution in [2.45, 2.75) is 20.4 Å². The van der Waals surface area contributed by atoms with E-state index in [1.165, 1.54) is 0 Å². The van der Waals surface area contributed by atoms with Gasteiger partial charge in [-0.25, -0.2) is 4.98 Å². The van der Waals surface area contributed by atoms with Crippen LogP contribution in [0.25, 0.3) is 0 Å². The van der Waals surface area contributed by atoms with Gasteiger partial charge < -0.3 is 9.30 Å². The predicted molar refractivity (Wildman–Crippen MR) is 69.0 cm³/mol. The summed E-state index contributed by atoms with van der Waals surface area (Å²) in [5.74, 6) is 0.630. The van der Waals surface area contributed by atoms with Crippen LogP contribution in [-0.4, -0.2) is 22.4 Å². The molecule has 0 spiro atoms. The monoisotopic (exact) mass is 244 g/mol. The van der Waals surface area contributed by atoms with Crippen molar-refractivity contribution in [1.29, 1.82) is 0 Å². The highest BCUT2D eigenvalue weighted by molar-refractivity contribution is 5.98. The highest BCUT2D eigenvalue weighted by Gasteiger charge is 2.13. The van der Waals surface area contributed by atoms with Crippen LogP contribution in [-0.2, 0) is 6.54 Å². The second-order valence-electron chi connectivity index (χ2n) is 4.17. The molecular weight excluding hydrogens is 228 g/mol. The lowest BCUT2D eigenvalue weighted by Gasteiger charge is -2.08. The van der Waals surface area contributed by atoms with Gasteiger partial charge in [0.1, 0.15) is 5.75 Å². The van der Waals surface area contributed by atoms with Gasteiger partial charge in [0.15, 0.2) is 5.78 Å². The maximum Gasteiger partial charge on any atom is 0.186 e. The predicted octanol–water partition coefficient (Wildman–Crippen LogP) is 2.39.